The van der Waals surface area contributed by atoms with E-state index in [1.54, 1.807) is 18.2 Å². The topological polar surface area (TPSA) is 72.9 Å². The van der Waals surface area contributed by atoms with Crippen molar-refractivity contribution in [3.05, 3.63) is 83.9 Å². The van der Waals surface area contributed by atoms with Crippen molar-refractivity contribution in [3.63, 3.8) is 0 Å². The van der Waals surface area contributed by atoms with E-state index in [4.69, 9.17) is 0 Å². The Bertz CT molecular complexity index is 1330. The molecule has 3 aromatic rings. The summed E-state index contributed by atoms with van der Waals surface area (Å²) in [6, 6.07) is 17.5. The number of likely N-dealkylation sites (tertiary alicyclic amines) is 1. The fraction of sp³-hybridized carbons (Fsp3) is 0.308. The van der Waals surface area contributed by atoms with Crippen LogP contribution in [0.4, 0.5) is 25.8 Å². The lowest BCUT2D eigenvalue weighted by Crippen LogP contribution is -2.42. The Labute approximate surface area is 203 Å². The number of nitrogens with zero attached hydrogens (tertiary/aromatic N) is 2. The maximum atomic E-state index is 14.0. The van der Waals surface area contributed by atoms with Crippen LogP contribution in [-0.4, -0.2) is 44.6 Å². The predicted molar refractivity (Wildman–Crippen MR) is 131 cm³/mol. The van der Waals surface area contributed by atoms with E-state index < -0.39 is 27.8 Å². The van der Waals surface area contributed by atoms with Gasteiger partial charge in [0.2, 0.25) is 0 Å². The minimum absolute atomic E-state index is 0.0759. The van der Waals surface area contributed by atoms with Crippen LogP contribution >= 0.6 is 0 Å². The number of piperidine rings is 1. The van der Waals surface area contributed by atoms with E-state index in [9.17, 15) is 22.3 Å². The number of hydrogen-bond acceptors (Lipinski definition) is 5. The third kappa shape index (κ3) is 4.76. The molecule has 0 saturated carbocycles. The lowest BCUT2D eigenvalue weighted by atomic mass is 9.96. The molecule has 0 radical (unpaired) electrons. The molecule has 0 amide bonds. The zero-order valence-electron chi connectivity index (χ0n) is 19.1. The molecule has 184 valence electrons. The van der Waals surface area contributed by atoms with Gasteiger partial charge in [0.15, 0.2) is 0 Å². The highest BCUT2D eigenvalue weighted by molar-refractivity contribution is 7.93. The van der Waals surface area contributed by atoms with Crippen molar-refractivity contribution >= 4 is 27.1 Å². The molecule has 0 bridgehead atoms. The number of fused-ring (bicyclic) bond motifs is 2. The van der Waals surface area contributed by atoms with Gasteiger partial charge in [-0.2, -0.15) is 0 Å². The molecule has 9 heteroatoms. The molecule has 2 heterocycles. The standard InChI is InChI=1S/C26H27F2N3O3S/c27-19-9-10-20(21(28)15-19)25(32)17-30-13-11-18(12-14-30)16-31-24-7-3-1-5-22(24)29-23-6-2-4-8-26(23)35(31,33)34/h1-10,15,18,25,29,32H,11-14,16-17H2/t25-/m0/s1. The summed E-state index contributed by atoms with van der Waals surface area (Å²) in [6.45, 7) is 1.87. The lowest BCUT2D eigenvalue weighted by molar-refractivity contribution is 0.0881. The number of hydrogen-bond donors (Lipinski definition) is 2. The summed E-state index contributed by atoms with van der Waals surface area (Å²) in [7, 11) is -3.76. The van der Waals surface area contributed by atoms with Crippen LogP contribution < -0.4 is 9.62 Å². The minimum atomic E-state index is -3.76. The summed E-state index contributed by atoms with van der Waals surface area (Å²) in [5.41, 5.74) is 1.99. The number of anilines is 3. The van der Waals surface area contributed by atoms with E-state index in [2.05, 4.69) is 5.32 Å². The second kappa shape index (κ2) is 9.56. The molecule has 3 aromatic carbocycles. The Morgan fingerprint density at radius 2 is 1.66 bits per heavy atom. The van der Waals surface area contributed by atoms with Gasteiger partial charge >= 0.3 is 0 Å². The average Bonchev–Trinajstić information content (AvgIpc) is 2.93. The first-order valence-corrected chi connectivity index (χ1v) is 13.1. The van der Waals surface area contributed by atoms with Crippen molar-refractivity contribution < 1.29 is 22.3 Å². The van der Waals surface area contributed by atoms with Crippen molar-refractivity contribution in [2.75, 3.05) is 35.8 Å². The monoisotopic (exact) mass is 499 g/mol. The molecule has 0 spiro atoms. The van der Waals surface area contributed by atoms with Crippen molar-refractivity contribution in [1.29, 1.82) is 0 Å². The van der Waals surface area contributed by atoms with Crippen molar-refractivity contribution in [1.82, 2.24) is 4.90 Å². The summed E-state index contributed by atoms with van der Waals surface area (Å²) < 4.78 is 56.0. The molecular formula is C26H27F2N3O3S. The molecule has 1 fully saturated rings. The van der Waals surface area contributed by atoms with Crippen molar-refractivity contribution in [3.8, 4) is 0 Å². The molecule has 6 nitrogen and oxygen atoms in total. The van der Waals surface area contributed by atoms with Gasteiger partial charge in [-0.25, -0.2) is 17.2 Å². The van der Waals surface area contributed by atoms with Gasteiger partial charge in [0.1, 0.15) is 16.5 Å². The first-order chi connectivity index (χ1) is 16.8. The van der Waals surface area contributed by atoms with E-state index in [1.165, 1.54) is 10.4 Å². The second-order valence-corrected chi connectivity index (χ2v) is 10.9. The zero-order chi connectivity index (χ0) is 24.6. The maximum Gasteiger partial charge on any atom is 0.266 e. The Morgan fingerprint density at radius 1 is 0.971 bits per heavy atom. The second-order valence-electron chi connectivity index (χ2n) is 9.10. The smallest absolute Gasteiger partial charge is 0.266 e. The number of β-amino-alcohol motifs (C(OH)–C–C–N with tert-alkyl or cyclic N) is 1. The summed E-state index contributed by atoms with van der Waals surface area (Å²) in [6.07, 6.45) is 0.414. The van der Waals surface area contributed by atoms with Crippen LogP contribution in [0.25, 0.3) is 0 Å². The van der Waals surface area contributed by atoms with E-state index >= 15 is 0 Å². The van der Waals surface area contributed by atoms with Gasteiger partial charge in [-0.1, -0.05) is 30.3 Å². The zero-order valence-corrected chi connectivity index (χ0v) is 19.9. The highest BCUT2D eigenvalue weighted by Crippen LogP contribution is 2.40. The molecule has 1 saturated heterocycles. The Morgan fingerprint density at radius 3 is 2.40 bits per heavy atom. The quantitative estimate of drug-likeness (QED) is 0.534. The summed E-state index contributed by atoms with van der Waals surface area (Å²) in [4.78, 5) is 2.28. The van der Waals surface area contributed by atoms with Gasteiger partial charge in [0.25, 0.3) is 10.0 Å². The molecular weight excluding hydrogens is 472 g/mol. The van der Waals surface area contributed by atoms with E-state index in [0.717, 1.165) is 30.7 Å². The number of sulfonamides is 1. The van der Waals surface area contributed by atoms with E-state index in [1.807, 2.05) is 35.2 Å². The highest BCUT2D eigenvalue weighted by atomic mass is 32.2. The molecule has 2 N–H and O–H groups in total. The van der Waals surface area contributed by atoms with Gasteiger partial charge in [0.05, 0.1) is 23.2 Å². The van der Waals surface area contributed by atoms with Crippen molar-refractivity contribution in [2.45, 2.75) is 23.8 Å². The van der Waals surface area contributed by atoms with E-state index in [-0.39, 0.29) is 22.9 Å². The van der Waals surface area contributed by atoms with Gasteiger partial charge in [-0.15, -0.1) is 0 Å². The fourth-order valence-corrected chi connectivity index (χ4v) is 6.59. The normalized spacial score (nSPS) is 18.8. The lowest BCUT2D eigenvalue weighted by Gasteiger charge is -2.36. The predicted octanol–water partition coefficient (Wildman–Crippen LogP) is 4.66. The van der Waals surface area contributed by atoms with Crippen LogP contribution in [0.15, 0.2) is 71.6 Å². The molecule has 35 heavy (non-hydrogen) atoms. The number of aliphatic hydroxyl groups is 1. The SMILES string of the molecule is O=S1(=O)c2ccccc2Nc2ccccc2N1CC1CCN(C[C@H](O)c2ccc(F)cc2F)CC1. The van der Waals surface area contributed by atoms with Crippen LogP contribution in [0.2, 0.25) is 0 Å². The summed E-state index contributed by atoms with van der Waals surface area (Å²) in [5, 5.41) is 13.7. The van der Waals surface area contributed by atoms with Crippen LogP contribution in [0.1, 0.15) is 24.5 Å². The molecule has 0 aromatic heterocycles. The molecule has 0 unspecified atom stereocenters. The Kier molecular flexibility index (Phi) is 6.48. The maximum absolute atomic E-state index is 14.0. The third-order valence-electron chi connectivity index (χ3n) is 6.78. The Hall–Kier alpha value is -3.01. The highest BCUT2D eigenvalue weighted by Gasteiger charge is 2.34. The summed E-state index contributed by atoms with van der Waals surface area (Å²) >= 11 is 0. The molecule has 0 aliphatic carbocycles. The number of rotatable bonds is 5. The van der Waals surface area contributed by atoms with Crippen LogP contribution in [0.5, 0.6) is 0 Å². The van der Waals surface area contributed by atoms with Gasteiger partial charge < -0.3 is 15.3 Å². The molecule has 1 atom stereocenters. The van der Waals surface area contributed by atoms with E-state index in [0.29, 0.717) is 31.0 Å². The van der Waals surface area contributed by atoms with Gasteiger partial charge in [-0.3, -0.25) is 4.31 Å². The summed E-state index contributed by atoms with van der Waals surface area (Å²) in [5.74, 6) is -1.31. The van der Waals surface area contributed by atoms with Crippen LogP contribution in [0, 0.1) is 17.6 Å². The first kappa shape index (κ1) is 23.7. The first-order valence-electron chi connectivity index (χ1n) is 11.7. The van der Waals surface area contributed by atoms with Gasteiger partial charge in [-0.05, 0) is 62.2 Å². The van der Waals surface area contributed by atoms with Crippen LogP contribution in [-0.2, 0) is 10.0 Å². The van der Waals surface area contributed by atoms with Gasteiger partial charge in [0, 0.05) is 24.7 Å². The number of halogens is 2. The molecule has 5 rings (SSSR count). The molecule has 2 aliphatic rings. The average molecular weight is 500 g/mol. The number of aliphatic hydroxyl groups excluding tert-OH is 1. The number of nitrogens with one attached hydrogen (secondary N) is 1. The minimum Gasteiger partial charge on any atom is -0.387 e. The number of para-hydroxylation sites is 3. The largest absolute Gasteiger partial charge is 0.387 e. The molecule has 2 aliphatic heterocycles. The van der Waals surface area contributed by atoms with Crippen molar-refractivity contribution in [2.24, 2.45) is 5.92 Å². The number of benzene rings is 3. The van der Waals surface area contributed by atoms with Crippen LogP contribution in [0.3, 0.4) is 0 Å². The fourth-order valence-electron chi connectivity index (χ4n) is 4.88. The Balaban J connectivity index is 1.29. The third-order valence-corrected chi connectivity index (χ3v) is 8.62.